The van der Waals surface area contributed by atoms with Gasteiger partial charge in [0.15, 0.2) is 0 Å². The Labute approximate surface area is 129 Å². The third kappa shape index (κ3) is 4.70. The van der Waals surface area contributed by atoms with Gasteiger partial charge < -0.3 is 19.5 Å². The SMILES string of the molecule is COc1ccc(NC(=O)CCOc2ccc(OC)cc2)cc1. The highest BCUT2D eigenvalue weighted by Gasteiger charge is 2.03. The number of hydrogen-bond acceptors (Lipinski definition) is 4. The number of rotatable bonds is 7. The van der Waals surface area contributed by atoms with Gasteiger partial charge in [-0.25, -0.2) is 0 Å². The molecule has 1 amide bonds. The van der Waals surface area contributed by atoms with E-state index in [0.29, 0.717) is 12.4 Å². The summed E-state index contributed by atoms with van der Waals surface area (Å²) < 4.78 is 15.6. The number of anilines is 1. The molecule has 0 aliphatic carbocycles. The lowest BCUT2D eigenvalue weighted by Gasteiger charge is -2.08. The van der Waals surface area contributed by atoms with Crippen LogP contribution < -0.4 is 19.5 Å². The molecule has 0 aliphatic rings. The van der Waals surface area contributed by atoms with Gasteiger partial charge in [-0.15, -0.1) is 0 Å². The summed E-state index contributed by atoms with van der Waals surface area (Å²) in [6.45, 7) is 0.314. The zero-order valence-electron chi connectivity index (χ0n) is 12.7. The van der Waals surface area contributed by atoms with Crippen LogP contribution >= 0.6 is 0 Å². The summed E-state index contributed by atoms with van der Waals surface area (Å²) in [5.74, 6) is 2.13. The molecule has 0 heterocycles. The Balaban J connectivity index is 1.74. The first-order valence-corrected chi connectivity index (χ1v) is 6.92. The van der Waals surface area contributed by atoms with E-state index in [2.05, 4.69) is 5.32 Å². The molecule has 0 spiro atoms. The first-order valence-electron chi connectivity index (χ1n) is 6.92. The van der Waals surface area contributed by atoms with Crippen molar-refractivity contribution in [3.05, 3.63) is 48.5 Å². The molecule has 0 aromatic heterocycles. The van der Waals surface area contributed by atoms with Gasteiger partial charge in [0.25, 0.3) is 0 Å². The molecular formula is C17H19NO4. The van der Waals surface area contributed by atoms with E-state index >= 15 is 0 Å². The number of amides is 1. The van der Waals surface area contributed by atoms with E-state index < -0.39 is 0 Å². The summed E-state index contributed by atoms with van der Waals surface area (Å²) in [7, 11) is 3.21. The van der Waals surface area contributed by atoms with E-state index in [9.17, 15) is 4.79 Å². The van der Waals surface area contributed by atoms with Crippen molar-refractivity contribution in [1.29, 1.82) is 0 Å². The topological polar surface area (TPSA) is 56.8 Å². The van der Waals surface area contributed by atoms with Crippen LogP contribution in [0.1, 0.15) is 6.42 Å². The Morgan fingerprint density at radius 2 is 1.36 bits per heavy atom. The fraction of sp³-hybridized carbons (Fsp3) is 0.235. The van der Waals surface area contributed by atoms with Crippen LogP contribution in [0.4, 0.5) is 5.69 Å². The quantitative estimate of drug-likeness (QED) is 0.853. The Bertz CT molecular complexity index is 593. The van der Waals surface area contributed by atoms with Gasteiger partial charge in [-0.05, 0) is 48.5 Å². The third-order valence-electron chi connectivity index (χ3n) is 3.03. The van der Waals surface area contributed by atoms with Gasteiger partial charge >= 0.3 is 0 Å². The van der Waals surface area contributed by atoms with Crippen LogP contribution in [0.15, 0.2) is 48.5 Å². The first kappa shape index (κ1) is 15.7. The minimum atomic E-state index is -0.0984. The fourth-order valence-corrected chi connectivity index (χ4v) is 1.83. The van der Waals surface area contributed by atoms with E-state index in [-0.39, 0.29) is 12.3 Å². The second kappa shape index (κ2) is 7.93. The van der Waals surface area contributed by atoms with E-state index in [1.165, 1.54) is 0 Å². The van der Waals surface area contributed by atoms with Crippen LogP contribution in [-0.2, 0) is 4.79 Å². The number of benzene rings is 2. The maximum Gasteiger partial charge on any atom is 0.227 e. The predicted octanol–water partition coefficient (Wildman–Crippen LogP) is 3.11. The summed E-state index contributed by atoms with van der Waals surface area (Å²) in [6, 6.07) is 14.4. The molecule has 5 heteroatoms. The van der Waals surface area contributed by atoms with Crippen molar-refractivity contribution in [2.75, 3.05) is 26.1 Å². The largest absolute Gasteiger partial charge is 0.497 e. The molecular weight excluding hydrogens is 282 g/mol. The van der Waals surface area contributed by atoms with E-state index in [4.69, 9.17) is 14.2 Å². The minimum Gasteiger partial charge on any atom is -0.497 e. The van der Waals surface area contributed by atoms with Crippen molar-refractivity contribution in [1.82, 2.24) is 0 Å². The van der Waals surface area contributed by atoms with E-state index in [1.54, 1.807) is 50.6 Å². The fourth-order valence-electron chi connectivity index (χ4n) is 1.83. The molecule has 22 heavy (non-hydrogen) atoms. The van der Waals surface area contributed by atoms with Gasteiger partial charge in [-0.3, -0.25) is 4.79 Å². The Hall–Kier alpha value is -2.69. The summed E-state index contributed by atoms with van der Waals surface area (Å²) >= 11 is 0. The molecule has 0 fully saturated rings. The average molecular weight is 301 g/mol. The highest BCUT2D eigenvalue weighted by molar-refractivity contribution is 5.90. The molecule has 0 radical (unpaired) electrons. The standard InChI is InChI=1S/C17H19NO4/c1-20-14-5-3-13(4-6-14)18-17(19)11-12-22-16-9-7-15(21-2)8-10-16/h3-10H,11-12H2,1-2H3,(H,18,19). The monoisotopic (exact) mass is 301 g/mol. The smallest absolute Gasteiger partial charge is 0.227 e. The molecule has 0 saturated carbocycles. The van der Waals surface area contributed by atoms with Crippen LogP contribution in [0.25, 0.3) is 0 Å². The molecule has 116 valence electrons. The number of nitrogens with one attached hydrogen (secondary N) is 1. The maximum absolute atomic E-state index is 11.8. The lowest BCUT2D eigenvalue weighted by atomic mass is 10.3. The van der Waals surface area contributed by atoms with Crippen molar-refractivity contribution >= 4 is 11.6 Å². The van der Waals surface area contributed by atoms with Gasteiger partial charge in [0, 0.05) is 5.69 Å². The highest BCUT2D eigenvalue weighted by atomic mass is 16.5. The third-order valence-corrected chi connectivity index (χ3v) is 3.03. The van der Waals surface area contributed by atoms with Crippen molar-refractivity contribution in [3.8, 4) is 17.2 Å². The Morgan fingerprint density at radius 1 is 0.864 bits per heavy atom. The molecule has 1 N–H and O–H groups in total. The normalized spacial score (nSPS) is 9.91. The molecule has 2 aromatic carbocycles. The number of carbonyl (C=O) groups is 1. The molecule has 0 bridgehead atoms. The van der Waals surface area contributed by atoms with Crippen LogP contribution in [0.2, 0.25) is 0 Å². The zero-order chi connectivity index (χ0) is 15.8. The van der Waals surface area contributed by atoms with Gasteiger partial charge in [-0.2, -0.15) is 0 Å². The van der Waals surface area contributed by atoms with Crippen LogP contribution in [0, 0.1) is 0 Å². The molecule has 0 atom stereocenters. The van der Waals surface area contributed by atoms with Gasteiger partial charge in [0.2, 0.25) is 5.91 Å². The van der Waals surface area contributed by atoms with Gasteiger partial charge in [0.05, 0.1) is 27.2 Å². The van der Waals surface area contributed by atoms with Crippen molar-refractivity contribution in [2.24, 2.45) is 0 Å². The summed E-state index contributed by atoms with van der Waals surface area (Å²) in [4.78, 5) is 11.8. The molecule has 0 aliphatic heterocycles. The predicted molar refractivity (Wildman–Crippen MR) is 84.7 cm³/mol. The lowest BCUT2D eigenvalue weighted by Crippen LogP contribution is -2.15. The molecule has 0 saturated heterocycles. The molecule has 0 unspecified atom stereocenters. The summed E-state index contributed by atoms with van der Waals surface area (Å²) in [6.07, 6.45) is 0.276. The minimum absolute atomic E-state index is 0.0984. The number of carbonyl (C=O) groups excluding carboxylic acids is 1. The van der Waals surface area contributed by atoms with E-state index in [1.807, 2.05) is 12.1 Å². The first-order chi connectivity index (χ1) is 10.7. The number of hydrogen-bond donors (Lipinski definition) is 1. The Kier molecular flexibility index (Phi) is 5.65. The van der Waals surface area contributed by atoms with Crippen molar-refractivity contribution in [3.63, 3.8) is 0 Å². The van der Waals surface area contributed by atoms with Gasteiger partial charge in [-0.1, -0.05) is 0 Å². The van der Waals surface area contributed by atoms with Crippen molar-refractivity contribution in [2.45, 2.75) is 6.42 Å². The van der Waals surface area contributed by atoms with Crippen LogP contribution in [-0.4, -0.2) is 26.7 Å². The van der Waals surface area contributed by atoms with Crippen molar-refractivity contribution < 1.29 is 19.0 Å². The van der Waals surface area contributed by atoms with Crippen LogP contribution in [0.3, 0.4) is 0 Å². The summed E-state index contributed by atoms with van der Waals surface area (Å²) in [5.41, 5.74) is 0.732. The molecule has 2 aromatic rings. The highest BCUT2D eigenvalue weighted by Crippen LogP contribution is 2.17. The molecule has 5 nitrogen and oxygen atoms in total. The number of methoxy groups -OCH3 is 2. The second-order valence-electron chi connectivity index (χ2n) is 4.55. The number of ether oxygens (including phenoxy) is 3. The molecule has 2 rings (SSSR count). The van der Waals surface area contributed by atoms with Gasteiger partial charge in [0.1, 0.15) is 17.2 Å². The second-order valence-corrected chi connectivity index (χ2v) is 4.55. The zero-order valence-corrected chi connectivity index (χ0v) is 12.7. The van der Waals surface area contributed by atoms with Crippen LogP contribution in [0.5, 0.6) is 17.2 Å². The Morgan fingerprint density at radius 3 is 1.91 bits per heavy atom. The van der Waals surface area contributed by atoms with E-state index in [0.717, 1.165) is 17.2 Å². The average Bonchev–Trinajstić information content (AvgIpc) is 2.56. The lowest BCUT2D eigenvalue weighted by molar-refractivity contribution is -0.116. The maximum atomic E-state index is 11.8. The summed E-state index contributed by atoms with van der Waals surface area (Å²) in [5, 5.41) is 2.80.